The molecule has 3 aromatic rings. The molecule has 126 valence electrons. The molecule has 0 bridgehead atoms. The van der Waals surface area contributed by atoms with Crippen LogP contribution in [0.2, 0.25) is 0 Å². The Morgan fingerprint density at radius 1 is 1.00 bits per heavy atom. The van der Waals surface area contributed by atoms with Crippen LogP contribution in [0, 0.1) is 0 Å². The molecule has 0 atom stereocenters. The van der Waals surface area contributed by atoms with Gasteiger partial charge in [-0.25, -0.2) is 0 Å². The Balaban J connectivity index is 1.79. The number of aromatic nitrogens is 1. The van der Waals surface area contributed by atoms with Gasteiger partial charge in [0.1, 0.15) is 11.4 Å². The minimum atomic E-state index is -0.267. The number of carbonyl (C=O) groups is 1. The molecule has 25 heavy (non-hydrogen) atoms. The molecule has 2 aromatic carbocycles. The molecule has 0 aliphatic carbocycles. The lowest BCUT2D eigenvalue weighted by Gasteiger charge is -2.19. The fourth-order valence-corrected chi connectivity index (χ4v) is 2.45. The molecule has 0 saturated heterocycles. The van der Waals surface area contributed by atoms with E-state index in [0.29, 0.717) is 17.1 Å². The molecular weight excluding hydrogens is 314 g/mol. The van der Waals surface area contributed by atoms with Crippen molar-refractivity contribution in [2.75, 3.05) is 24.4 Å². The van der Waals surface area contributed by atoms with Crippen LogP contribution in [-0.2, 0) is 0 Å². The van der Waals surface area contributed by atoms with E-state index in [4.69, 9.17) is 4.74 Å². The third-order valence-electron chi connectivity index (χ3n) is 3.83. The van der Waals surface area contributed by atoms with Crippen molar-refractivity contribution in [3.05, 3.63) is 78.6 Å². The Bertz CT molecular complexity index is 866. The fourth-order valence-electron chi connectivity index (χ4n) is 2.45. The van der Waals surface area contributed by atoms with Gasteiger partial charge in [0, 0.05) is 36.4 Å². The van der Waals surface area contributed by atoms with Crippen LogP contribution in [0.25, 0.3) is 0 Å². The summed E-state index contributed by atoms with van der Waals surface area (Å²) in [5.74, 6) is 0.417. The first-order chi connectivity index (χ1) is 12.2. The van der Waals surface area contributed by atoms with Gasteiger partial charge in [-0.05, 0) is 36.4 Å². The van der Waals surface area contributed by atoms with Crippen molar-refractivity contribution in [2.45, 2.75) is 0 Å². The van der Waals surface area contributed by atoms with Gasteiger partial charge in [0.25, 0.3) is 5.91 Å². The van der Waals surface area contributed by atoms with Crippen molar-refractivity contribution in [3.8, 4) is 5.75 Å². The topological polar surface area (TPSA) is 54.5 Å². The first-order valence-corrected chi connectivity index (χ1v) is 7.87. The van der Waals surface area contributed by atoms with Gasteiger partial charge in [-0.3, -0.25) is 9.78 Å². The zero-order chi connectivity index (χ0) is 17.6. The predicted molar refractivity (Wildman–Crippen MR) is 99.7 cm³/mol. The highest BCUT2D eigenvalue weighted by molar-refractivity contribution is 6.03. The summed E-state index contributed by atoms with van der Waals surface area (Å²) in [7, 11) is 3.54. The van der Waals surface area contributed by atoms with Crippen molar-refractivity contribution >= 4 is 23.0 Å². The van der Waals surface area contributed by atoms with Gasteiger partial charge in [0.15, 0.2) is 0 Å². The van der Waals surface area contributed by atoms with E-state index in [-0.39, 0.29) is 5.91 Å². The standard InChI is InChI=1S/C20H19N3O2/c1-23(16-8-4-3-5-9-16)17-11-12-21-19(14-17)20(24)22-15-7-6-10-18(13-15)25-2/h3-14H,1-2H3,(H,22,24). The SMILES string of the molecule is COc1cccc(NC(=O)c2cc(N(C)c3ccccc3)ccn2)c1. The van der Waals surface area contributed by atoms with Crippen molar-refractivity contribution < 1.29 is 9.53 Å². The summed E-state index contributed by atoms with van der Waals surface area (Å²) in [6, 6.07) is 20.8. The molecule has 1 N–H and O–H groups in total. The summed E-state index contributed by atoms with van der Waals surface area (Å²) in [5, 5.41) is 2.84. The second kappa shape index (κ2) is 7.49. The Kier molecular flexibility index (Phi) is 4.95. The van der Waals surface area contributed by atoms with E-state index in [1.807, 2.05) is 60.5 Å². The predicted octanol–water partition coefficient (Wildman–Crippen LogP) is 4.11. The first-order valence-electron chi connectivity index (χ1n) is 7.87. The summed E-state index contributed by atoms with van der Waals surface area (Å²) < 4.78 is 5.17. The van der Waals surface area contributed by atoms with Crippen LogP contribution in [0.15, 0.2) is 72.9 Å². The van der Waals surface area contributed by atoms with E-state index in [0.717, 1.165) is 11.4 Å². The quantitative estimate of drug-likeness (QED) is 0.763. The van der Waals surface area contributed by atoms with Crippen molar-refractivity contribution in [3.63, 3.8) is 0 Å². The molecule has 1 amide bonds. The normalized spacial score (nSPS) is 10.2. The van der Waals surface area contributed by atoms with E-state index < -0.39 is 0 Å². The zero-order valence-corrected chi connectivity index (χ0v) is 14.1. The largest absolute Gasteiger partial charge is 0.497 e. The van der Waals surface area contributed by atoms with Gasteiger partial charge < -0.3 is 15.0 Å². The molecule has 0 fully saturated rings. The number of carbonyl (C=O) groups excluding carboxylic acids is 1. The van der Waals surface area contributed by atoms with E-state index in [1.165, 1.54) is 0 Å². The summed E-state index contributed by atoms with van der Waals surface area (Å²) in [6.45, 7) is 0. The van der Waals surface area contributed by atoms with E-state index in [2.05, 4.69) is 10.3 Å². The Morgan fingerprint density at radius 3 is 2.56 bits per heavy atom. The second-order valence-electron chi connectivity index (χ2n) is 5.48. The number of hydrogen-bond acceptors (Lipinski definition) is 4. The lowest BCUT2D eigenvalue weighted by molar-refractivity contribution is 0.102. The van der Waals surface area contributed by atoms with Crippen LogP contribution >= 0.6 is 0 Å². The third-order valence-corrected chi connectivity index (χ3v) is 3.83. The third kappa shape index (κ3) is 3.95. The maximum atomic E-state index is 12.5. The molecular formula is C20H19N3O2. The molecule has 0 aliphatic rings. The van der Waals surface area contributed by atoms with Crippen molar-refractivity contribution in [1.82, 2.24) is 4.98 Å². The Labute approximate surface area is 146 Å². The molecule has 1 heterocycles. The number of benzene rings is 2. The molecule has 5 nitrogen and oxygen atoms in total. The number of amides is 1. The molecule has 0 saturated carbocycles. The summed E-state index contributed by atoms with van der Waals surface area (Å²) >= 11 is 0. The highest BCUT2D eigenvalue weighted by Gasteiger charge is 2.11. The lowest BCUT2D eigenvalue weighted by atomic mass is 10.2. The summed E-state index contributed by atoms with van der Waals surface area (Å²) in [5.41, 5.74) is 2.93. The van der Waals surface area contributed by atoms with Crippen LogP contribution in [0.3, 0.4) is 0 Å². The molecule has 0 aliphatic heterocycles. The molecule has 0 spiro atoms. The van der Waals surface area contributed by atoms with Gasteiger partial charge in [0.05, 0.1) is 7.11 Å². The van der Waals surface area contributed by atoms with E-state index in [9.17, 15) is 4.79 Å². The first kappa shape index (κ1) is 16.5. The number of methoxy groups -OCH3 is 1. The Morgan fingerprint density at radius 2 is 1.80 bits per heavy atom. The van der Waals surface area contributed by atoms with Crippen LogP contribution in [-0.4, -0.2) is 25.0 Å². The average Bonchev–Trinajstić information content (AvgIpc) is 2.68. The number of rotatable bonds is 5. The molecule has 1 aromatic heterocycles. The minimum absolute atomic E-state index is 0.267. The van der Waals surface area contributed by atoms with Crippen LogP contribution < -0.4 is 15.0 Å². The highest BCUT2D eigenvalue weighted by Crippen LogP contribution is 2.23. The van der Waals surface area contributed by atoms with Crippen molar-refractivity contribution in [2.24, 2.45) is 0 Å². The summed E-state index contributed by atoms with van der Waals surface area (Å²) in [6.07, 6.45) is 1.63. The second-order valence-corrected chi connectivity index (χ2v) is 5.48. The smallest absolute Gasteiger partial charge is 0.274 e. The van der Waals surface area contributed by atoms with E-state index >= 15 is 0 Å². The lowest BCUT2D eigenvalue weighted by Crippen LogP contribution is -2.15. The number of para-hydroxylation sites is 1. The number of pyridine rings is 1. The van der Waals surface area contributed by atoms with Gasteiger partial charge in [-0.1, -0.05) is 24.3 Å². The van der Waals surface area contributed by atoms with E-state index in [1.54, 1.807) is 31.5 Å². The maximum Gasteiger partial charge on any atom is 0.274 e. The van der Waals surface area contributed by atoms with Gasteiger partial charge in [0.2, 0.25) is 0 Å². The molecule has 5 heteroatoms. The molecule has 0 radical (unpaired) electrons. The van der Waals surface area contributed by atoms with Crippen LogP contribution in [0.4, 0.5) is 17.1 Å². The molecule has 0 unspecified atom stereocenters. The minimum Gasteiger partial charge on any atom is -0.497 e. The highest BCUT2D eigenvalue weighted by atomic mass is 16.5. The Hall–Kier alpha value is -3.34. The summed E-state index contributed by atoms with van der Waals surface area (Å²) in [4.78, 5) is 18.7. The number of nitrogens with zero attached hydrogens (tertiary/aromatic N) is 2. The van der Waals surface area contributed by atoms with Crippen molar-refractivity contribution in [1.29, 1.82) is 0 Å². The number of ether oxygens (including phenoxy) is 1. The van der Waals surface area contributed by atoms with Gasteiger partial charge in [-0.15, -0.1) is 0 Å². The van der Waals surface area contributed by atoms with Crippen LogP contribution in [0.5, 0.6) is 5.75 Å². The maximum absolute atomic E-state index is 12.5. The monoisotopic (exact) mass is 333 g/mol. The molecule has 3 rings (SSSR count). The van der Waals surface area contributed by atoms with Gasteiger partial charge in [-0.2, -0.15) is 0 Å². The number of nitrogens with one attached hydrogen (secondary N) is 1. The van der Waals surface area contributed by atoms with Crippen LogP contribution in [0.1, 0.15) is 10.5 Å². The van der Waals surface area contributed by atoms with Gasteiger partial charge >= 0.3 is 0 Å². The zero-order valence-electron chi connectivity index (χ0n) is 14.1. The fraction of sp³-hybridized carbons (Fsp3) is 0.100. The number of anilines is 3. The average molecular weight is 333 g/mol. The number of hydrogen-bond donors (Lipinski definition) is 1.